The Morgan fingerprint density at radius 1 is 1.07 bits per heavy atom. The maximum Gasteiger partial charge on any atom is 0.157 e. The van der Waals surface area contributed by atoms with Gasteiger partial charge in [-0.05, 0) is 12.8 Å². The first-order chi connectivity index (χ1) is 6.95. The fraction of sp³-hybridized carbons (Fsp3) is 0.571. The molecule has 2 amide bonds. The number of carbonyl (C=O) groups excluding carboxylic acids is 3. The van der Waals surface area contributed by atoms with Crippen molar-refractivity contribution in [2.45, 2.75) is 18.9 Å². The number of hydrazine groups is 1. The number of aliphatic carboxylic acids is 1. The van der Waals surface area contributed by atoms with Gasteiger partial charge < -0.3 is 29.7 Å². The van der Waals surface area contributed by atoms with Crippen LogP contribution in [0.25, 0.3) is 0 Å². The zero-order valence-electron chi connectivity index (χ0n) is 7.54. The number of nitrogens with zero attached hydrogens (tertiary/aromatic N) is 2. The average Bonchev–Trinajstić information content (AvgIpc) is 2.16. The normalized spacial score (nSPS) is 21.2. The molecule has 1 aliphatic heterocycles. The van der Waals surface area contributed by atoms with Crippen LogP contribution in [0.4, 0.5) is 9.59 Å². The molecule has 1 fully saturated rings. The quantitative estimate of drug-likeness (QED) is 0.440. The first-order valence-corrected chi connectivity index (χ1v) is 4.14. The van der Waals surface area contributed by atoms with Crippen molar-refractivity contribution in [3.63, 3.8) is 0 Å². The van der Waals surface area contributed by atoms with Gasteiger partial charge in [-0.15, -0.1) is 0 Å². The highest BCUT2D eigenvalue weighted by Crippen LogP contribution is 2.16. The molecule has 84 valence electrons. The lowest BCUT2D eigenvalue weighted by Crippen LogP contribution is -2.67. The second-order valence-corrected chi connectivity index (χ2v) is 2.98. The Hall–Kier alpha value is -1.99. The van der Waals surface area contributed by atoms with Crippen molar-refractivity contribution in [2.75, 3.05) is 6.54 Å². The number of carboxylic acid groups (broad SMARTS) is 3. The van der Waals surface area contributed by atoms with Crippen LogP contribution in [-0.4, -0.2) is 40.8 Å². The van der Waals surface area contributed by atoms with Crippen LogP contribution in [-0.2, 0) is 4.79 Å². The van der Waals surface area contributed by atoms with E-state index in [9.17, 15) is 29.7 Å². The smallest absolute Gasteiger partial charge is 0.157 e. The van der Waals surface area contributed by atoms with Crippen molar-refractivity contribution in [3.8, 4) is 0 Å². The third-order valence-electron chi connectivity index (χ3n) is 2.07. The van der Waals surface area contributed by atoms with Crippen LogP contribution < -0.4 is 15.3 Å². The summed E-state index contributed by atoms with van der Waals surface area (Å²) in [7, 11) is 0. The molecule has 1 saturated heterocycles. The Morgan fingerprint density at radius 2 is 1.67 bits per heavy atom. The van der Waals surface area contributed by atoms with Gasteiger partial charge in [-0.25, -0.2) is 0 Å². The van der Waals surface area contributed by atoms with E-state index in [1.165, 1.54) is 0 Å². The summed E-state index contributed by atoms with van der Waals surface area (Å²) < 4.78 is 0. The van der Waals surface area contributed by atoms with E-state index in [0.29, 0.717) is 5.01 Å². The molecule has 0 saturated carbocycles. The molecule has 0 N–H and O–H groups in total. The number of carboxylic acids is 1. The molecule has 1 atom stereocenters. The molecule has 0 aliphatic carbocycles. The molecule has 1 unspecified atom stereocenters. The Kier molecular flexibility index (Phi) is 2.98. The minimum Gasteiger partial charge on any atom is -0.548 e. The van der Waals surface area contributed by atoms with Gasteiger partial charge in [0.15, 0.2) is 12.2 Å². The monoisotopic (exact) mass is 215 g/mol. The molecular weight excluding hydrogens is 208 g/mol. The SMILES string of the molecule is O=C([O-])C1CCCN(C(=O)[O-])N1C(=O)[O-]. The standard InChI is InChI=1S/C7H10N2O6/c10-5(11)4-2-1-3-8(6(12)13)9(4)7(14)15/h4H,1-3H2,(H,10,11)(H,12,13)(H,14,15)/p-3. The summed E-state index contributed by atoms with van der Waals surface area (Å²) in [6.45, 7) is -0.139. The van der Waals surface area contributed by atoms with Gasteiger partial charge in [-0.1, -0.05) is 0 Å². The van der Waals surface area contributed by atoms with Crippen LogP contribution in [0.1, 0.15) is 12.8 Å². The van der Waals surface area contributed by atoms with E-state index in [-0.39, 0.29) is 24.4 Å². The largest absolute Gasteiger partial charge is 0.548 e. The van der Waals surface area contributed by atoms with Gasteiger partial charge in [0.05, 0.1) is 12.0 Å². The minimum atomic E-state index is -1.91. The van der Waals surface area contributed by atoms with Crippen LogP contribution in [0, 0.1) is 0 Å². The first kappa shape index (κ1) is 11.1. The highest BCUT2D eigenvalue weighted by molar-refractivity contribution is 5.79. The predicted molar refractivity (Wildman–Crippen MR) is 37.4 cm³/mol. The highest BCUT2D eigenvalue weighted by atomic mass is 16.4. The molecule has 0 radical (unpaired) electrons. The van der Waals surface area contributed by atoms with Gasteiger partial charge in [-0.3, -0.25) is 10.0 Å². The molecule has 8 nitrogen and oxygen atoms in total. The molecule has 1 aliphatic rings. The summed E-state index contributed by atoms with van der Waals surface area (Å²) in [5.74, 6) is -1.66. The fourth-order valence-electron chi connectivity index (χ4n) is 1.46. The molecule has 0 aromatic carbocycles. The van der Waals surface area contributed by atoms with Crippen LogP contribution >= 0.6 is 0 Å². The van der Waals surface area contributed by atoms with E-state index in [1.807, 2.05) is 0 Å². The van der Waals surface area contributed by atoms with Gasteiger partial charge in [-0.2, -0.15) is 0 Å². The van der Waals surface area contributed by atoms with Crippen molar-refractivity contribution >= 4 is 18.2 Å². The maximum absolute atomic E-state index is 10.6. The third-order valence-corrected chi connectivity index (χ3v) is 2.07. The Morgan fingerprint density at radius 3 is 2.07 bits per heavy atom. The van der Waals surface area contributed by atoms with E-state index in [1.54, 1.807) is 0 Å². The summed E-state index contributed by atoms with van der Waals surface area (Å²) >= 11 is 0. The summed E-state index contributed by atoms with van der Waals surface area (Å²) in [5.41, 5.74) is 0. The molecule has 0 aromatic heterocycles. The third kappa shape index (κ3) is 2.09. The molecule has 1 heterocycles. The minimum absolute atomic E-state index is 0.0138. The second-order valence-electron chi connectivity index (χ2n) is 2.98. The van der Waals surface area contributed by atoms with Crippen LogP contribution in [0.15, 0.2) is 0 Å². The predicted octanol–water partition coefficient (Wildman–Crippen LogP) is -3.90. The van der Waals surface area contributed by atoms with Gasteiger partial charge in [0.2, 0.25) is 0 Å². The molecule has 0 spiro atoms. The van der Waals surface area contributed by atoms with Gasteiger partial charge in [0, 0.05) is 6.54 Å². The van der Waals surface area contributed by atoms with E-state index in [2.05, 4.69) is 0 Å². The van der Waals surface area contributed by atoms with Crippen LogP contribution in [0.2, 0.25) is 0 Å². The van der Waals surface area contributed by atoms with Gasteiger partial charge in [0.25, 0.3) is 0 Å². The average molecular weight is 215 g/mol. The van der Waals surface area contributed by atoms with Crippen molar-refractivity contribution < 1.29 is 29.7 Å². The lowest BCUT2D eigenvalue weighted by atomic mass is 10.1. The molecule has 0 bridgehead atoms. The summed E-state index contributed by atoms with van der Waals surface area (Å²) in [4.78, 5) is 31.6. The van der Waals surface area contributed by atoms with Crippen LogP contribution in [0.5, 0.6) is 0 Å². The number of rotatable bonds is 1. The zero-order chi connectivity index (χ0) is 11.6. The summed E-state index contributed by atoms with van der Waals surface area (Å²) in [5, 5.41) is 32.0. The molecular formula is C7H7N2O6-3. The Bertz CT molecular complexity index is 282. The zero-order valence-corrected chi connectivity index (χ0v) is 7.54. The lowest BCUT2D eigenvalue weighted by Gasteiger charge is -2.47. The van der Waals surface area contributed by atoms with E-state index < -0.39 is 24.2 Å². The van der Waals surface area contributed by atoms with Crippen molar-refractivity contribution in [1.82, 2.24) is 10.0 Å². The Balaban J connectivity index is 2.95. The van der Waals surface area contributed by atoms with E-state index >= 15 is 0 Å². The number of hydrogen-bond donors (Lipinski definition) is 0. The first-order valence-electron chi connectivity index (χ1n) is 4.14. The molecule has 15 heavy (non-hydrogen) atoms. The second kappa shape index (κ2) is 4.03. The van der Waals surface area contributed by atoms with Gasteiger partial charge in [0.1, 0.15) is 0 Å². The Labute approximate surface area is 84.3 Å². The highest BCUT2D eigenvalue weighted by Gasteiger charge is 2.29. The topological polar surface area (TPSA) is 127 Å². The number of amides is 2. The summed E-state index contributed by atoms with van der Waals surface area (Å²) in [6, 6.07) is -1.54. The molecule has 1 rings (SSSR count). The lowest BCUT2D eigenvalue weighted by molar-refractivity contribution is -0.334. The van der Waals surface area contributed by atoms with Crippen molar-refractivity contribution in [3.05, 3.63) is 0 Å². The van der Waals surface area contributed by atoms with Crippen LogP contribution in [0.3, 0.4) is 0 Å². The van der Waals surface area contributed by atoms with E-state index in [4.69, 9.17) is 0 Å². The molecule has 0 aromatic rings. The fourth-order valence-corrected chi connectivity index (χ4v) is 1.46. The number of carbonyl (C=O) groups is 3. The maximum atomic E-state index is 10.6. The summed E-state index contributed by atoms with van der Waals surface area (Å²) in [6.07, 6.45) is -3.49. The van der Waals surface area contributed by atoms with E-state index in [0.717, 1.165) is 0 Å². The molecule has 8 heteroatoms. The number of hydrogen-bond acceptors (Lipinski definition) is 6. The van der Waals surface area contributed by atoms with Crippen molar-refractivity contribution in [2.24, 2.45) is 0 Å². The van der Waals surface area contributed by atoms with Gasteiger partial charge >= 0.3 is 0 Å². The van der Waals surface area contributed by atoms with Crippen molar-refractivity contribution in [1.29, 1.82) is 0 Å².